The third-order valence-corrected chi connectivity index (χ3v) is 5.42. The molecule has 1 fully saturated rings. The summed E-state index contributed by atoms with van der Waals surface area (Å²) in [6.45, 7) is 3.72. The van der Waals surface area contributed by atoms with Crippen molar-refractivity contribution >= 4 is 34.7 Å². The fourth-order valence-electron chi connectivity index (χ4n) is 3.71. The van der Waals surface area contributed by atoms with Gasteiger partial charge in [0.05, 0.1) is 17.0 Å². The minimum absolute atomic E-state index is 0.0238. The van der Waals surface area contributed by atoms with Crippen molar-refractivity contribution < 1.29 is 18.3 Å². The first-order chi connectivity index (χ1) is 15.6. The molecular formula is C21H23F3N8O. The molecule has 0 bridgehead atoms. The van der Waals surface area contributed by atoms with Crippen molar-refractivity contribution in [2.24, 2.45) is 12.1 Å². The highest BCUT2D eigenvalue weighted by Crippen LogP contribution is 2.35. The van der Waals surface area contributed by atoms with Gasteiger partial charge in [-0.25, -0.2) is 15.0 Å². The Morgan fingerprint density at radius 3 is 2.58 bits per heavy atom. The first-order valence-electron chi connectivity index (χ1n) is 10.3. The largest absolute Gasteiger partial charge is 0.451 e. The maximum Gasteiger partial charge on any atom is 0.451 e. The summed E-state index contributed by atoms with van der Waals surface area (Å²) in [4.78, 5) is 13.7. The smallest absolute Gasteiger partial charge is 0.385 e. The fraction of sp³-hybridized carbons (Fsp3) is 0.381. The zero-order chi connectivity index (χ0) is 23.9. The van der Waals surface area contributed by atoms with E-state index in [2.05, 4.69) is 20.1 Å². The fourth-order valence-corrected chi connectivity index (χ4v) is 3.71. The molecule has 1 aliphatic heterocycles. The summed E-state index contributed by atoms with van der Waals surface area (Å²) in [5, 5.41) is 22.6. The van der Waals surface area contributed by atoms with Crippen molar-refractivity contribution in [3.05, 3.63) is 42.0 Å². The number of aliphatic hydroxyl groups is 1. The van der Waals surface area contributed by atoms with Crippen molar-refractivity contribution in [3.8, 4) is 0 Å². The molecule has 0 radical (unpaired) electrons. The number of aromatic nitrogens is 4. The van der Waals surface area contributed by atoms with E-state index in [0.717, 1.165) is 21.9 Å². The number of anilines is 2. The zero-order valence-corrected chi connectivity index (χ0v) is 18.2. The standard InChI is InChI=1S/C21H23F3N8O/c1-4-26-32(18(25)12(2)33)17-9-16(28-20(29-17)21(22,23)24)31-10-13(11-31)19-27-14-7-5-6-8-15(14)30(19)3/h4-9,12-13,25,33H,10-11H2,1-3H3. The average molecular weight is 460 g/mol. The second-order valence-electron chi connectivity index (χ2n) is 7.77. The summed E-state index contributed by atoms with van der Waals surface area (Å²) in [5.41, 5.74) is 1.85. The molecule has 9 nitrogen and oxygen atoms in total. The molecule has 3 aromatic rings. The van der Waals surface area contributed by atoms with Crippen LogP contribution in [0.15, 0.2) is 35.4 Å². The van der Waals surface area contributed by atoms with Gasteiger partial charge in [0.1, 0.15) is 17.7 Å². The number of hydrogen-bond donors (Lipinski definition) is 2. The molecule has 4 rings (SSSR count). The van der Waals surface area contributed by atoms with Crippen LogP contribution >= 0.6 is 0 Å². The minimum Gasteiger partial charge on any atom is -0.385 e. The molecule has 1 unspecified atom stereocenters. The predicted molar refractivity (Wildman–Crippen MR) is 119 cm³/mol. The number of alkyl halides is 3. The van der Waals surface area contributed by atoms with Gasteiger partial charge in [0, 0.05) is 32.4 Å². The third kappa shape index (κ3) is 4.25. The molecule has 0 saturated carbocycles. The van der Waals surface area contributed by atoms with E-state index in [1.54, 1.807) is 11.8 Å². The molecule has 0 amide bonds. The lowest BCUT2D eigenvalue weighted by atomic mass is 9.99. The van der Waals surface area contributed by atoms with Crippen molar-refractivity contribution in [1.29, 1.82) is 5.41 Å². The number of aryl methyl sites for hydroxylation is 1. The van der Waals surface area contributed by atoms with E-state index < -0.39 is 23.9 Å². The van der Waals surface area contributed by atoms with Crippen LogP contribution in [0.2, 0.25) is 0 Å². The number of benzene rings is 1. The van der Waals surface area contributed by atoms with Crippen molar-refractivity contribution in [2.45, 2.75) is 32.0 Å². The Kier molecular flexibility index (Phi) is 5.78. The number of rotatable bonds is 5. The number of nitrogens with zero attached hydrogens (tertiary/aromatic N) is 7. The maximum atomic E-state index is 13.5. The molecule has 2 N–H and O–H groups in total. The van der Waals surface area contributed by atoms with Gasteiger partial charge in [0.25, 0.3) is 0 Å². The highest BCUT2D eigenvalue weighted by atomic mass is 19.4. The lowest BCUT2D eigenvalue weighted by molar-refractivity contribution is -0.144. The van der Waals surface area contributed by atoms with Gasteiger partial charge >= 0.3 is 6.18 Å². The van der Waals surface area contributed by atoms with Crippen LogP contribution in [0, 0.1) is 5.41 Å². The number of halogens is 3. The third-order valence-electron chi connectivity index (χ3n) is 5.42. The summed E-state index contributed by atoms with van der Waals surface area (Å²) < 4.78 is 42.6. The van der Waals surface area contributed by atoms with Gasteiger partial charge in [-0.15, -0.1) is 0 Å². The van der Waals surface area contributed by atoms with Crippen molar-refractivity contribution in [3.63, 3.8) is 0 Å². The minimum atomic E-state index is -4.79. The highest BCUT2D eigenvalue weighted by Gasteiger charge is 2.39. The SMILES string of the molecule is CC=NN(C(=N)C(C)O)c1cc(N2CC(c3nc4ccccc4n3C)C2)nc(C(F)(F)F)n1. The highest BCUT2D eigenvalue weighted by molar-refractivity contribution is 5.98. The number of imidazole rings is 1. The molecule has 174 valence electrons. The lowest BCUT2D eigenvalue weighted by Crippen LogP contribution is -2.47. The molecule has 1 aromatic carbocycles. The molecule has 33 heavy (non-hydrogen) atoms. The predicted octanol–water partition coefficient (Wildman–Crippen LogP) is 3.16. The van der Waals surface area contributed by atoms with E-state index in [1.165, 1.54) is 19.2 Å². The van der Waals surface area contributed by atoms with E-state index in [-0.39, 0.29) is 17.6 Å². The molecule has 3 heterocycles. The Morgan fingerprint density at radius 1 is 1.27 bits per heavy atom. The Hall–Kier alpha value is -3.54. The topological polar surface area (TPSA) is 107 Å². The molecule has 1 atom stereocenters. The van der Waals surface area contributed by atoms with Gasteiger partial charge in [0.2, 0.25) is 5.82 Å². The van der Waals surface area contributed by atoms with Crippen LogP contribution < -0.4 is 9.91 Å². The quantitative estimate of drug-likeness (QED) is 0.344. The first kappa shape index (κ1) is 22.6. The number of nitrogens with one attached hydrogen (secondary N) is 1. The van der Waals surface area contributed by atoms with E-state index in [1.807, 2.05) is 35.9 Å². The molecule has 2 aromatic heterocycles. The molecule has 0 aliphatic carbocycles. The van der Waals surface area contributed by atoms with Crippen LogP contribution in [0.3, 0.4) is 0 Å². The summed E-state index contributed by atoms with van der Waals surface area (Å²) in [6, 6.07) is 9.06. The summed E-state index contributed by atoms with van der Waals surface area (Å²) in [7, 11) is 1.92. The van der Waals surface area contributed by atoms with Gasteiger partial charge in [-0.05, 0) is 26.0 Å². The molecular weight excluding hydrogens is 437 g/mol. The maximum absolute atomic E-state index is 13.5. The molecule has 1 aliphatic rings. The number of amidine groups is 1. The van der Waals surface area contributed by atoms with E-state index in [4.69, 9.17) is 5.41 Å². The number of para-hydroxylation sites is 2. The normalized spacial score (nSPS) is 15.8. The van der Waals surface area contributed by atoms with Crippen molar-refractivity contribution in [2.75, 3.05) is 23.0 Å². The van der Waals surface area contributed by atoms with E-state index in [9.17, 15) is 18.3 Å². The summed E-state index contributed by atoms with van der Waals surface area (Å²) in [6.07, 6.45) is -4.74. The summed E-state index contributed by atoms with van der Waals surface area (Å²) in [5.74, 6) is -1.05. The average Bonchev–Trinajstić information content (AvgIpc) is 3.06. The molecule has 12 heteroatoms. The van der Waals surface area contributed by atoms with E-state index in [0.29, 0.717) is 13.1 Å². The Morgan fingerprint density at radius 2 is 1.97 bits per heavy atom. The zero-order valence-electron chi connectivity index (χ0n) is 18.2. The lowest BCUT2D eigenvalue weighted by Gasteiger charge is -2.40. The van der Waals surface area contributed by atoms with Crippen LogP contribution in [0.1, 0.15) is 31.4 Å². The first-order valence-corrected chi connectivity index (χ1v) is 10.3. The molecule has 0 spiro atoms. The van der Waals surface area contributed by atoms with Crippen LogP contribution in [0.5, 0.6) is 0 Å². The van der Waals surface area contributed by atoms with Crippen LogP contribution in [-0.2, 0) is 13.2 Å². The van der Waals surface area contributed by atoms with Crippen molar-refractivity contribution in [1.82, 2.24) is 19.5 Å². The Bertz CT molecular complexity index is 1210. The second-order valence-corrected chi connectivity index (χ2v) is 7.77. The monoisotopic (exact) mass is 460 g/mol. The van der Waals surface area contributed by atoms with Crippen LogP contribution in [0.25, 0.3) is 11.0 Å². The van der Waals surface area contributed by atoms with Crippen LogP contribution in [-0.4, -0.2) is 55.9 Å². The second kappa shape index (κ2) is 8.43. The number of fused-ring (bicyclic) bond motifs is 1. The van der Waals surface area contributed by atoms with Gasteiger partial charge in [-0.3, -0.25) is 5.41 Å². The summed E-state index contributed by atoms with van der Waals surface area (Å²) >= 11 is 0. The number of aliphatic hydroxyl groups excluding tert-OH is 1. The van der Waals surface area contributed by atoms with Gasteiger partial charge in [-0.1, -0.05) is 12.1 Å². The Balaban J connectivity index is 1.66. The van der Waals surface area contributed by atoms with Gasteiger partial charge in [-0.2, -0.15) is 23.3 Å². The van der Waals surface area contributed by atoms with Gasteiger partial charge in [0.15, 0.2) is 11.7 Å². The van der Waals surface area contributed by atoms with Gasteiger partial charge < -0.3 is 14.6 Å². The Labute approximate surface area is 187 Å². The van der Waals surface area contributed by atoms with Crippen LogP contribution in [0.4, 0.5) is 24.8 Å². The molecule has 1 saturated heterocycles. The number of hydrogen-bond acceptors (Lipinski definition) is 7. The number of hydrazone groups is 1. The van der Waals surface area contributed by atoms with E-state index >= 15 is 0 Å².